The van der Waals surface area contributed by atoms with E-state index >= 15 is 0 Å². The number of amides is 1. The molecule has 0 bridgehead atoms. The van der Waals surface area contributed by atoms with Gasteiger partial charge in [0.05, 0.1) is 21.3 Å². The van der Waals surface area contributed by atoms with Crippen LogP contribution < -0.4 is 24.8 Å². The molecule has 10 heteroatoms. The Morgan fingerprint density at radius 1 is 1.00 bits per heavy atom. The number of benzene rings is 2. The van der Waals surface area contributed by atoms with Crippen LogP contribution in [-0.4, -0.2) is 37.2 Å². The van der Waals surface area contributed by atoms with Crippen LogP contribution in [0.5, 0.6) is 17.2 Å². The van der Waals surface area contributed by atoms with Gasteiger partial charge < -0.3 is 24.8 Å². The molecule has 152 valence electrons. The SMILES string of the molecule is COc1cc(C(=O)NC(Nc2ccc(F)cc2)C(Cl)(Cl)Cl)cc(OC)c1OC. The maximum atomic E-state index is 13.1. The van der Waals surface area contributed by atoms with Gasteiger partial charge in [0.1, 0.15) is 12.0 Å². The summed E-state index contributed by atoms with van der Waals surface area (Å²) in [5.41, 5.74) is 0.637. The Kier molecular flexibility index (Phi) is 7.46. The molecule has 1 unspecified atom stereocenters. The van der Waals surface area contributed by atoms with Crippen molar-refractivity contribution in [2.24, 2.45) is 0 Å². The number of nitrogens with one attached hydrogen (secondary N) is 2. The topological polar surface area (TPSA) is 68.8 Å². The van der Waals surface area contributed by atoms with E-state index in [2.05, 4.69) is 10.6 Å². The molecule has 0 aliphatic carbocycles. The summed E-state index contributed by atoms with van der Waals surface area (Å²) in [7, 11) is 4.31. The number of carbonyl (C=O) groups is 1. The van der Waals surface area contributed by atoms with Gasteiger partial charge in [0.15, 0.2) is 11.5 Å². The monoisotopic (exact) mass is 450 g/mol. The third-order valence-corrected chi connectivity index (χ3v) is 4.34. The fourth-order valence-corrected chi connectivity index (χ4v) is 2.67. The van der Waals surface area contributed by atoms with Crippen molar-refractivity contribution in [3.63, 3.8) is 0 Å². The van der Waals surface area contributed by atoms with E-state index < -0.39 is 21.7 Å². The van der Waals surface area contributed by atoms with Gasteiger partial charge in [-0.25, -0.2) is 4.39 Å². The molecule has 0 radical (unpaired) electrons. The highest BCUT2D eigenvalue weighted by atomic mass is 35.6. The van der Waals surface area contributed by atoms with E-state index in [1.807, 2.05) is 0 Å². The minimum Gasteiger partial charge on any atom is -0.493 e. The summed E-state index contributed by atoms with van der Waals surface area (Å²) in [6.07, 6.45) is -1.12. The standard InChI is InChI=1S/C18H18Cl3FN2O4/c1-26-13-8-10(9-14(27-2)15(13)28-3)16(25)24-17(18(19,20)21)23-12-6-4-11(22)5-7-12/h4-9,17,23H,1-3H3,(H,24,25). The van der Waals surface area contributed by atoms with Gasteiger partial charge in [-0.05, 0) is 36.4 Å². The number of rotatable bonds is 7. The van der Waals surface area contributed by atoms with Crippen molar-refractivity contribution in [3.8, 4) is 17.2 Å². The molecule has 2 rings (SSSR count). The maximum absolute atomic E-state index is 13.1. The Morgan fingerprint density at radius 3 is 1.96 bits per heavy atom. The van der Waals surface area contributed by atoms with Crippen molar-refractivity contribution in [1.82, 2.24) is 5.32 Å². The minimum atomic E-state index is -1.90. The lowest BCUT2D eigenvalue weighted by Gasteiger charge is -2.27. The summed E-state index contributed by atoms with van der Waals surface area (Å²) >= 11 is 18.0. The highest BCUT2D eigenvalue weighted by Gasteiger charge is 2.34. The van der Waals surface area contributed by atoms with Crippen molar-refractivity contribution in [2.45, 2.75) is 9.96 Å². The second-order valence-electron chi connectivity index (χ2n) is 5.51. The van der Waals surface area contributed by atoms with E-state index in [-0.39, 0.29) is 5.56 Å². The lowest BCUT2D eigenvalue weighted by molar-refractivity contribution is 0.0941. The van der Waals surface area contributed by atoms with Gasteiger partial charge in [-0.3, -0.25) is 4.79 Å². The maximum Gasteiger partial charge on any atom is 0.253 e. The third kappa shape index (κ3) is 5.47. The van der Waals surface area contributed by atoms with Crippen LogP contribution in [-0.2, 0) is 0 Å². The van der Waals surface area contributed by atoms with E-state index in [9.17, 15) is 9.18 Å². The Balaban J connectivity index is 2.29. The molecule has 2 N–H and O–H groups in total. The van der Waals surface area contributed by atoms with Crippen LogP contribution in [0, 0.1) is 5.82 Å². The summed E-state index contributed by atoms with van der Waals surface area (Å²) in [5.74, 6) is -0.0561. The van der Waals surface area contributed by atoms with Crippen molar-refractivity contribution < 1.29 is 23.4 Å². The van der Waals surface area contributed by atoms with Crippen LogP contribution in [0.3, 0.4) is 0 Å². The number of anilines is 1. The summed E-state index contributed by atoms with van der Waals surface area (Å²) < 4.78 is 26.9. The number of carbonyl (C=O) groups excluding carboxylic acids is 1. The first-order chi connectivity index (χ1) is 13.2. The first-order valence-corrected chi connectivity index (χ1v) is 9.02. The van der Waals surface area contributed by atoms with E-state index in [4.69, 9.17) is 49.0 Å². The van der Waals surface area contributed by atoms with Gasteiger partial charge in [0.25, 0.3) is 5.91 Å². The zero-order valence-corrected chi connectivity index (χ0v) is 17.5. The average Bonchev–Trinajstić information content (AvgIpc) is 2.66. The molecule has 0 aromatic heterocycles. The molecular weight excluding hydrogens is 434 g/mol. The van der Waals surface area contributed by atoms with E-state index in [1.54, 1.807) is 0 Å². The largest absolute Gasteiger partial charge is 0.493 e. The molecule has 28 heavy (non-hydrogen) atoms. The predicted molar refractivity (Wildman–Crippen MR) is 108 cm³/mol. The number of ether oxygens (including phenoxy) is 3. The summed E-state index contributed by atoms with van der Waals surface area (Å²) in [6, 6.07) is 8.29. The molecule has 0 aliphatic rings. The second kappa shape index (κ2) is 9.41. The van der Waals surface area contributed by atoms with Gasteiger partial charge in [-0.15, -0.1) is 0 Å². The number of halogens is 4. The first kappa shape index (κ1) is 22.2. The van der Waals surface area contributed by atoms with E-state index in [0.29, 0.717) is 22.9 Å². The summed E-state index contributed by atoms with van der Waals surface area (Å²) in [6.45, 7) is 0. The molecule has 0 saturated carbocycles. The van der Waals surface area contributed by atoms with Crippen LogP contribution in [0.25, 0.3) is 0 Å². The van der Waals surface area contributed by atoms with Gasteiger partial charge in [0, 0.05) is 11.3 Å². The Bertz CT molecular complexity index is 804. The molecule has 0 saturated heterocycles. The van der Waals surface area contributed by atoms with Gasteiger partial charge in [0.2, 0.25) is 9.54 Å². The first-order valence-electron chi connectivity index (χ1n) is 7.89. The van der Waals surface area contributed by atoms with Crippen molar-refractivity contribution in [2.75, 3.05) is 26.6 Å². The molecule has 0 aliphatic heterocycles. The molecule has 0 spiro atoms. The lowest BCUT2D eigenvalue weighted by Crippen LogP contribution is -2.49. The quantitative estimate of drug-likeness (QED) is 0.483. The molecular formula is C18H18Cl3FN2O4. The van der Waals surface area contributed by atoms with Crippen LogP contribution in [0.1, 0.15) is 10.4 Å². The van der Waals surface area contributed by atoms with Crippen LogP contribution in [0.4, 0.5) is 10.1 Å². The zero-order chi connectivity index (χ0) is 20.9. The highest BCUT2D eigenvalue weighted by molar-refractivity contribution is 6.68. The molecule has 2 aromatic rings. The molecule has 1 amide bonds. The molecule has 2 aromatic carbocycles. The van der Waals surface area contributed by atoms with Gasteiger partial charge in [-0.1, -0.05) is 34.8 Å². The van der Waals surface area contributed by atoms with E-state index in [1.165, 1.54) is 57.7 Å². The number of methoxy groups -OCH3 is 3. The Labute approximate surface area is 176 Å². The minimum absolute atomic E-state index is 0.189. The predicted octanol–water partition coefficient (Wildman–Crippen LogP) is 4.39. The Morgan fingerprint density at radius 2 is 1.54 bits per heavy atom. The second-order valence-corrected chi connectivity index (χ2v) is 7.88. The molecule has 0 fully saturated rings. The molecule has 0 heterocycles. The van der Waals surface area contributed by atoms with Gasteiger partial charge >= 0.3 is 0 Å². The fraction of sp³-hybridized carbons (Fsp3) is 0.278. The lowest BCUT2D eigenvalue weighted by atomic mass is 10.1. The van der Waals surface area contributed by atoms with Crippen LogP contribution in [0.15, 0.2) is 36.4 Å². The Hall–Kier alpha value is -2.09. The highest BCUT2D eigenvalue weighted by Crippen LogP contribution is 2.38. The number of hydrogen-bond donors (Lipinski definition) is 2. The van der Waals surface area contributed by atoms with Gasteiger partial charge in [-0.2, -0.15) is 0 Å². The van der Waals surface area contributed by atoms with E-state index in [0.717, 1.165) is 0 Å². The third-order valence-electron chi connectivity index (χ3n) is 3.68. The molecule has 6 nitrogen and oxygen atoms in total. The average molecular weight is 452 g/mol. The summed E-state index contributed by atoms with van der Waals surface area (Å²) in [4.78, 5) is 12.7. The normalized spacial score (nSPS) is 12.1. The summed E-state index contributed by atoms with van der Waals surface area (Å²) in [5, 5.41) is 5.43. The number of alkyl halides is 3. The smallest absolute Gasteiger partial charge is 0.253 e. The van der Waals surface area contributed by atoms with Crippen molar-refractivity contribution in [3.05, 3.63) is 47.8 Å². The van der Waals surface area contributed by atoms with Crippen molar-refractivity contribution >= 4 is 46.4 Å². The zero-order valence-electron chi connectivity index (χ0n) is 15.2. The number of hydrogen-bond acceptors (Lipinski definition) is 5. The fourth-order valence-electron chi connectivity index (χ4n) is 2.34. The molecule has 1 atom stereocenters. The van der Waals surface area contributed by atoms with Crippen molar-refractivity contribution in [1.29, 1.82) is 0 Å². The van der Waals surface area contributed by atoms with Crippen LogP contribution >= 0.6 is 34.8 Å². The van der Waals surface area contributed by atoms with Crippen LogP contribution in [0.2, 0.25) is 0 Å².